The Morgan fingerprint density at radius 2 is 1.44 bits per heavy atom. The molecule has 3 rings (SSSR count). The highest BCUT2D eigenvalue weighted by Gasteiger charge is 2.15. The number of methoxy groups -OCH3 is 1. The summed E-state index contributed by atoms with van der Waals surface area (Å²) in [6, 6.07) is 24.2. The Kier molecular flexibility index (Phi) is 10.5. The molecule has 34 heavy (non-hydrogen) atoms. The number of allylic oxidation sites excluding steroid dienone is 1. The first-order chi connectivity index (χ1) is 16.7. The molecule has 0 aliphatic rings. The minimum Gasteiger partial charge on any atom is -0.494 e. The number of unbranched alkanes of at least 4 members (excludes halogenated alkanes) is 3. The molecule has 0 saturated carbocycles. The van der Waals surface area contributed by atoms with Gasteiger partial charge in [-0.1, -0.05) is 79.2 Å². The lowest BCUT2D eigenvalue weighted by molar-refractivity contribution is -0.270. The van der Waals surface area contributed by atoms with E-state index >= 15 is 0 Å². The summed E-state index contributed by atoms with van der Waals surface area (Å²) in [5.74, 6) is 0.746. The maximum absolute atomic E-state index is 12.2. The minimum absolute atomic E-state index is 0.0466. The van der Waals surface area contributed by atoms with E-state index in [1.165, 1.54) is 0 Å². The number of rotatable bonds is 14. The molecule has 1 N–H and O–H groups in total. The maximum Gasteiger partial charge on any atom is 0.185 e. The van der Waals surface area contributed by atoms with Gasteiger partial charge in [-0.2, -0.15) is 0 Å². The molecule has 1 atom stereocenters. The van der Waals surface area contributed by atoms with Crippen LogP contribution in [0.4, 0.5) is 0 Å². The van der Waals surface area contributed by atoms with Gasteiger partial charge < -0.3 is 9.47 Å². The molecule has 0 heterocycles. The van der Waals surface area contributed by atoms with Crippen molar-refractivity contribution in [2.24, 2.45) is 0 Å². The fraction of sp³-hybridized carbons (Fsp3) is 0.276. The van der Waals surface area contributed by atoms with E-state index in [1.807, 2.05) is 66.7 Å². The van der Waals surface area contributed by atoms with E-state index in [1.54, 1.807) is 31.4 Å². The normalized spacial score (nSPS) is 12.1. The van der Waals surface area contributed by atoms with Crippen molar-refractivity contribution < 1.29 is 24.4 Å². The molecular formula is C29H32O5. The van der Waals surface area contributed by atoms with Crippen molar-refractivity contribution in [2.75, 3.05) is 20.3 Å². The van der Waals surface area contributed by atoms with E-state index in [-0.39, 0.29) is 5.78 Å². The van der Waals surface area contributed by atoms with Crippen LogP contribution in [0.2, 0.25) is 0 Å². The summed E-state index contributed by atoms with van der Waals surface area (Å²) in [6.45, 7) is 1.48. The summed E-state index contributed by atoms with van der Waals surface area (Å²) >= 11 is 0. The Morgan fingerprint density at radius 3 is 2.06 bits per heavy atom. The predicted molar refractivity (Wildman–Crippen MR) is 134 cm³/mol. The Hall–Kier alpha value is -3.25. The molecule has 0 amide bonds. The number of ether oxygens (including phenoxy) is 2. The highest BCUT2D eigenvalue weighted by atomic mass is 17.1. The Labute approximate surface area is 201 Å². The van der Waals surface area contributed by atoms with E-state index in [0.717, 1.165) is 54.7 Å². The minimum atomic E-state index is -0.612. The zero-order chi connectivity index (χ0) is 24.0. The number of hydrogen-bond donors (Lipinski definition) is 1. The number of ketones is 1. The quantitative estimate of drug-likeness (QED) is 0.0948. The molecular weight excluding hydrogens is 428 g/mol. The third-order valence-corrected chi connectivity index (χ3v) is 5.52. The van der Waals surface area contributed by atoms with Gasteiger partial charge in [0.1, 0.15) is 11.9 Å². The molecule has 0 aliphatic carbocycles. The van der Waals surface area contributed by atoms with E-state index < -0.39 is 6.10 Å². The van der Waals surface area contributed by atoms with Crippen LogP contribution in [0.5, 0.6) is 5.75 Å². The van der Waals surface area contributed by atoms with Crippen molar-refractivity contribution in [3.05, 3.63) is 107 Å². The summed E-state index contributed by atoms with van der Waals surface area (Å²) in [6.07, 6.45) is 7.07. The molecule has 5 nitrogen and oxygen atoms in total. The fourth-order valence-electron chi connectivity index (χ4n) is 3.60. The smallest absolute Gasteiger partial charge is 0.185 e. The van der Waals surface area contributed by atoms with Crippen LogP contribution >= 0.6 is 0 Å². The number of benzene rings is 3. The van der Waals surface area contributed by atoms with Crippen LogP contribution in [0, 0.1) is 0 Å². The third-order valence-electron chi connectivity index (χ3n) is 5.52. The van der Waals surface area contributed by atoms with Gasteiger partial charge in [0.25, 0.3) is 0 Å². The van der Waals surface area contributed by atoms with E-state index in [0.29, 0.717) is 12.2 Å². The van der Waals surface area contributed by atoms with Crippen LogP contribution in [-0.4, -0.2) is 31.4 Å². The lowest BCUT2D eigenvalue weighted by Gasteiger charge is -2.15. The summed E-state index contributed by atoms with van der Waals surface area (Å²) in [4.78, 5) is 17.0. The molecule has 0 spiro atoms. The standard InChI is InChI=1S/C29H32O5/c1-32-21-7-2-3-8-22-33-27-18-16-26(17-19-27)29(34-31)25-14-11-23(12-15-25)13-20-28(30)24-9-5-4-6-10-24/h4-6,9-20,29,31H,2-3,7-8,21-22H2,1H3/b20-13+. The average molecular weight is 461 g/mol. The number of carbonyl (C=O) groups is 1. The Morgan fingerprint density at radius 1 is 0.824 bits per heavy atom. The second-order valence-electron chi connectivity index (χ2n) is 8.04. The van der Waals surface area contributed by atoms with Crippen molar-refractivity contribution in [3.63, 3.8) is 0 Å². The molecule has 0 aliphatic heterocycles. The SMILES string of the molecule is COCCCCCCOc1ccc(C(OO)c2ccc(/C=C/C(=O)c3ccccc3)cc2)cc1. The van der Waals surface area contributed by atoms with Crippen LogP contribution in [0.15, 0.2) is 84.9 Å². The van der Waals surface area contributed by atoms with Gasteiger partial charge in [0.05, 0.1) is 6.61 Å². The van der Waals surface area contributed by atoms with E-state index in [4.69, 9.17) is 14.4 Å². The molecule has 5 heteroatoms. The van der Waals surface area contributed by atoms with Crippen LogP contribution in [0.3, 0.4) is 0 Å². The van der Waals surface area contributed by atoms with Gasteiger partial charge >= 0.3 is 0 Å². The van der Waals surface area contributed by atoms with Crippen LogP contribution in [0.1, 0.15) is 58.8 Å². The van der Waals surface area contributed by atoms with Crippen LogP contribution in [-0.2, 0) is 9.62 Å². The van der Waals surface area contributed by atoms with Gasteiger partial charge in [-0.25, -0.2) is 4.89 Å². The van der Waals surface area contributed by atoms with Crippen LogP contribution < -0.4 is 4.74 Å². The molecule has 1 unspecified atom stereocenters. The second kappa shape index (κ2) is 14.1. The van der Waals surface area contributed by atoms with Crippen molar-refractivity contribution in [1.82, 2.24) is 0 Å². The second-order valence-corrected chi connectivity index (χ2v) is 8.04. The summed E-state index contributed by atoms with van der Waals surface area (Å²) < 4.78 is 10.9. The zero-order valence-electron chi connectivity index (χ0n) is 19.6. The summed E-state index contributed by atoms with van der Waals surface area (Å²) in [5.41, 5.74) is 3.16. The van der Waals surface area contributed by atoms with Gasteiger partial charge in [0.15, 0.2) is 5.78 Å². The topological polar surface area (TPSA) is 65.0 Å². The first-order valence-electron chi connectivity index (χ1n) is 11.6. The fourth-order valence-corrected chi connectivity index (χ4v) is 3.60. The summed E-state index contributed by atoms with van der Waals surface area (Å²) in [7, 11) is 1.73. The number of carbonyl (C=O) groups excluding carboxylic acids is 1. The number of hydrogen-bond acceptors (Lipinski definition) is 5. The highest BCUT2D eigenvalue weighted by Crippen LogP contribution is 2.27. The summed E-state index contributed by atoms with van der Waals surface area (Å²) in [5, 5.41) is 9.54. The average Bonchev–Trinajstić information content (AvgIpc) is 2.89. The van der Waals surface area contributed by atoms with E-state index in [9.17, 15) is 10.1 Å². The van der Waals surface area contributed by atoms with Crippen molar-refractivity contribution in [3.8, 4) is 5.75 Å². The molecule has 3 aromatic carbocycles. The monoisotopic (exact) mass is 460 g/mol. The predicted octanol–water partition coefficient (Wildman–Crippen LogP) is 6.75. The third kappa shape index (κ3) is 7.96. The molecule has 0 aromatic heterocycles. The first-order valence-corrected chi connectivity index (χ1v) is 11.6. The van der Waals surface area contributed by atoms with Gasteiger partial charge in [-0.05, 0) is 54.2 Å². The molecule has 178 valence electrons. The van der Waals surface area contributed by atoms with Crippen molar-refractivity contribution in [1.29, 1.82) is 0 Å². The Bertz CT molecular complexity index is 1010. The lowest BCUT2D eigenvalue weighted by Crippen LogP contribution is -2.04. The van der Waals surface area contributed by atoms with Gasteiger partial charge in [-0.3, -0.25) is 10.1 Å². The molecule has 0 fully saturated rings. The van der Waals surface area contributed by atoms with E-state index in [2.05, 4.69) is 0 Å². The lowest BCUT2D eigenvalue weighted by atomic mass is 10.00. The first kappa shape index (κ1) is 25.4. The molecule has 0 radical (unpaired) electrons. The van der Waals surface area contributed by atoms with Crippen molar-refractivity contribution >= 4 is 11.9 Å². The Balaban J connectivity index is 1.53. The van der Waals surface area contributed by atoms with Gasteiger partial charge in [-0.15, -0.1) is 0 Å². The molecule has 0 bridgehead atoms. The maximum atomic E-state index is 12.2. The van der Waals surface area contributed by atoms with Crippen LogP contribution in [0.25, 0.3) is 6.08 Å². The molecule has 0 saturated heterocycles. The van der Waals surface area contributed by atoms with Crippen molar-refractivity contribution in [2.45, 2.75) is 31.8 Å². The van der Waals surface area contributed by atoms with Gasteiger partial charge in [0, 0.05) is 19.3 Å². The zero-order valence-corrected chi connectivity index (χ0v) is 19.6. The highest BCUT2D eigenvalue weighted by molar-refractivity contribution is 6.06. The molecule has 3 aromatic rings. The largest absolute Gasteiger partial charge is 0.494 e. The van der Waals surface area contributed by atoms with Gasteiger partial charge in [0.2, 0.25) is 0 Å².